The van der Waals surface area contributed by atoms with Gasteiger partial charge in [0.25, 0.3) is 0 Å². The summed E-state index contributed by atoms with van der Waals surface area (Å²) in [7, 11) is 0. The Labute approximate surface area is 176 Å². The van der Waals surface area contributed by atoms with E-state index in [0.29, 0.717) is 0 Å². The lowest BCUT2D eigenvalue weighted by atomic mass is 10.1. The number of pyridine rings is 1. The maximum atomic E-state index is 4.60. The van der Waals surface area contributed by atoms with E-state index in [1.165, 1.54) is 53.1 Å². The zero-order valence-electron chi connectivity index (χ0n) is 16.0. The fourth-order valence-electron chi connectivity index (χ4n) is 4.76. The van der Waals surface area contributed by atoms with Gasteiger partial charge in [-0.2, -0.15) is 0 Å². The highest BCUT2D eigenvalue weighted by molar-refractivity contribution is 7.26. The first-order valence-electron chi connectivity index (χ1n) is 10.1. The highest BCUT2D eigenvalue weighted by Gasteiger charge is 2.18. The zero-order valence-corrected chi connectivity index (χ0v) is 16.9. The standard InChI is InChI=1S/C27H16N2S/c1-4-10-22-21(9-1)24(15-16-28-22)29-23-11-5-2-7-17(23)19-13-14-20-18-8-3-6-12-25(18)30-27(20)26(19)29/h1-16H. The molecule has 7 rings (SSSR count). The van der Waals surface area contributed by atoms with E-state index in [9.17, 15) is 0 Å². The number of aromatic nitrogens is 2. The van der Waals surface area contributed by atoms with Crippen molar-refractivity contribution in [3.63, 3.8) is 0 Å². The Kier molecular flexibility index (Phi) is 3.18. The quantitative estimate of drug-likeness (QED) is 0.276. The predicted molar refractivity (Wildman–Crippen MR) is 129 cm³/mol. The predicted octanol–water partition coefficient (Wildman–Crippen LogP) is 7.70. The maximum Gasteiger partial charge on any atom is 0.0723 e. The highest BCUT2D eigenvalue weighted by atomic mass is 32.1. The number of fused-ring (bicyclic) bond motifs is 8. The number of thiophene rings is 1. The van der Waals surface area contributed by atoms with Crippen LogP contribution in [-0.2, 0) is 0 Å². The Bertz CT molecular complexity index is 1750. The van der Waals surface area contributed by atoms with Gasteiger partial charge in [0.05, 0.1) is 26.9 Å². The first-order valence-corrected chi connectivity index (χ1v) is 10.9. The number of para-hydroxylation sites is 2. The van der Waals surface area contributed by atoms with Gasteiger partial charge in [-0.25, -0.2) is 0 Å². The van der Waals surface area contributed by atoms with Crippen LogP contribution < -0.4 is 0 Å². The van der Waals surface area contributed by atoms with Crippen LogP contribution in [0.5, 0.6) is 0 Å². The van der Waals surface area contributed by atoms with Crippen LogP contribution in [0.1, 0.15) is 0 Å². The third-order valence-electron chi connectivity index (χ3n) is 6.05. The van der Waals surface area contributed by atoms with Gasteiger partial charge >= 0.3 is 0 Å². The van der Waals surface area contributed by atoms with Gasteiger partial charge < -0.3 is 4.57 Å². The van der Waals surface area contributed by atoms with Gasteiger partial charge in [-0.05, 0) is 24.3 Å². The van der Waals surface area contributed by atoms with Gasteiger partial charge in [-0.1, -0.05) is 66.7 Å². The first kappa shape index (κ1) is 16.1. The van der Waals surface area contributed by atoms with Crippen molar-refractivity contribution in [2.75, 3.05) is 0 Å². The fourth-order valence-corrected chi connectivity index (χ4v) is 6.00. The molecule has 30 heavy (non-hydrogen) atoms. The fraction of sp³-hybridized carbons (Fsp3) is 0. The number of rotatable bonds is 1. The van der Waals surface area contributed by atoms with E-state index >= 15 is 0 Å². The summed E-state index contributed by atoms with van der Waals surface area (Å²) in [5.41, 5.74) is 4.71. The molecule has 0 aliphatic rings. The number of hydrogen-bond donors (Lipinski definition) is 0. The van der Waals surface area contributed by atoms with E-state index in [1.54, 1.807) is 0 Å². The molecular weight excluding hydrogens is 384 g/mol. The van der Waals surface area contributed by atoms with Crippen molar-refractivity contribution in [2.24, 2.45) is 0 Å². The average Bonchev–Trinajstić information content (AvgIpc) is 3.34. The molecule has 0 amide bonds. The lowest BCUT2D eigenvalue weighted by Crippen LogP contribution is -1.96. The van der Waals surface area contributed by atoms with Crippen LogP contribution in [0, 0.1) is 0 Å². The molecule has 0 N–H and O–H groups in total. The van der Waals surface area contributed by atoms with Crippen molar-refractivity contribution in [1.29, 1.82) is 0 Å². The average molecular weight is 401 g/mol. The van der Waals surface area contributed by atoms with Crippen LogP contribution in [0.3, 0.4) is 0 Å². The SMILES string of the molecule is c1ccc2c(-n3c4ccccc4c4ccc5c6ccccc6sc5c43)ccnc2c1. The molecule has 0 aliphatic heterocycles. The van der Waals surface area contributed by atoms with E-state index < -0.39 is 0 Å². The van der Waals surface area contributed by atoms with Gasteiger partial charge in [0, 0.05) is 37.8 Å². The van der Waals surface area contributed by atoms with Crippen molar-refractivity contribution in [2.45, 2.75) is 0 Å². The molecule has 0 atom stereocenters. The summed E-state index contributed by atoms with van der Waals surface area (Å²) in [5, 5.41) is 6.40. The monoisotopic (exact) mass is 400 g/mol. The van der Waals surface area contributed by atoms with Crippen LogP contribution in [0.15, 0.2) is 97.2 Å². The maximum absolute atomic E-state index is 4.60. The molecule has 0 bridgehead atoms. The normalized spacial score (nSPS) is 12.0. The second kappa shape index (κ2) is 5.91. The van der Waals surface area contributed by atoms with Gasteiger partial charge in [0.15, 0.2) is 0 Å². The van der Waals surface area contributed by atoms with Crippen LogP contribution in [0.2, 0.25) is 0 Å². The molecule has 140 valence electrons. The summed E-state index contributed by atoms with van der Waals surface area (Å²) in [6.07, 6.45) is 1.92. The Hall–Kier alpha value is -3.69. The highest BCUT2D eigenvalue weighted by Crippen LogP contribution is 2.43. The Morgan fingerprint density at radius 2 is 1.33 bits per heavy atom. The molecule has 0 saturated carbocycles. The van der Waals surface area contributed by atoms with Gasteiger partial charge in [-0.15, -0.1) is 11.3 Å². The van der Waals surface area contributed by atoms with Crippen LogP contribution in [0.25, 0.3) is 58.6 Å². The molecule has 3 heteroatoms. The minimum absolute atomic E-state index is 1.02. The first-order chi connectivity index (χ1) is 14.9. The van der Waals surface area contributed by atoms with Crippen molar-refractivity contribution in [1.82, 2.24) is 9.55 Å². The molecule has 0 fully saturated rings. The van der Waals surface area contributed by atoms with Crippen molar-refractivity contribution < 1.29 is 0 Å². The van der Waals surface area contributed by atoms with Crippen LogP contribution >= 0.6 is 11.3 Å². The lowest BCUT2D eigenvalue weighted by molar-refractivity contribution is 1.19. The molecule has 0 spiro atoms. The van der Waals surface area contributed by atoms with Crippen molar-refractivity contribution >= 4 is 64.2 Å². The topological polar surface area (TPSA) is 17.8 Å². The Morgan fingerprint density at radius 1 is 0.600 bits per heavy atom. The largest absolute Gasteiger partial charge is 0.307 e. The molecule has 0 aliphatic carbocycles. The molecular formula is C27H16N2S. The van der Waals surface area contributed by atoms with E-state index in [1.807, 2.05) is 17.5 Å². The Balaban J connectivity index is 1.77. The summed E-state index contributed by atoms with van der Waals surface area (Å²) in [5.74, 6) is 0. The third kappa shape index (κ3) is 2.05. The lowest BCUT2D eigenvalue weighted by Gasteiger charge is -2.11. The van der Waals surface area contributed by atoms with Crippen molar-refractivity contribution in [3.05, 3.63) is 97.2 Å². The van der Waals surface area contributed by atoms with E-state index in [2.05, 4.69) is 101 Å². The van der Waals surface area contributed by atoms with Gasteiger partial charge in [-0.3, -0.25) is 4.98 Å². The summed E-state index contributed by atoms with van der Waals surface area (Å²) < 4.78 is 5.11. The molecule has 7 aromatic rings. The second-order valence-corrected chi connectivity index (χ2v) is 8.69. The van der Waals surface area contributed by atoms with E-state index in [-0.39, 0.29) is 0 Å². The number of benzene rings is 4. The van der Waals surface area contributed by atoms with Crippen LogP contribution in [-0.4, -0.2) is 9.55 Å². The molecule has 3 aromatic heterocycles. The summed E-state index contributed by atoms with van der Waals surface area (Å²) in [6.45, 7) is 0. The zero-order chi connectivity index (χ0) is 19.7. The molecule has 0 saturated heterocycles. The third-order valence-corrected chi connectivity index (χ3v) is 7.24. The molecule has 0 unspecified atom stereocenters. The van der Waals surface area contributed by atoms with E-state index in [0.717, 1.165) is 5.52 Å². The second-order valence-electron chi connectivity index (χ2n) is 7.64. The smallest absolute Gasteiger partial charge is 0.0723 e. The minimum atomic E-state index is 1.02. The molecule has 2 nitrogen and oxygen atoms in total. The van der Waals surface area contributed by atoms with Gasteiger partial charge in [0.2, 0.25) is 0 Å². The summed E-state index contributed by atoms with van der Waals surface area (Å²) in [4.78, 5) is 4.60. The van der Waals surface area contributed by atoms with E-state index in [4.69, 9.17) is 0 Å². The van der Waals surface area contributed by atoms with Gasteiger partial charge in [0.1, 0.15) is 0 Å². The molecule has 3 heterocycles. The molecule has 4 aromatic carbocycles. The molecule has 0 radical (unpaired) electrons. The van der Waals surface area contributed by atoms with Crippen molar-refractivity contribution in [3.8, 4) is 5.69 Å². The summed E-state index contributed by atoms with van der Waals surface area (Å²) in [6, 6.07) is 32.5. The number of hydrogen-bond acceptors (Lipinski definition) is 2. The Morgan fingerprint density at radius 3 is 2.27 bits per heavy atom. The summed E-state index contributed by atoms with van der Waals surface area (Å²) >= 11 is 1.88. The minimum Gasteiger partial charge on any atom is -0.307 e. The van der Waals surface area contributed by atoms with Crippen LogP contribution in [0.4, 0.5) is 0 Å². The number of nitrogens with zero attached hydrogens (tertiary/aromatic N) is 2.